The topological polar surface area (TPSA) is 83.4 Å². The van der Waals surface area contributed by atoms with Gasteiger partial charge in [0.05, 0.1) is 18.7 Å². The monoisotopic (exact) mass is 224 g/mol. The molecule has 0 spiro atoms. The Kier molecular flexibility index (Phi) is 2.69. The predicted molar refractivity (Wildman–Crippen MR) is 55.5 cm³/mol. The first kappa shape index (κ1) is 10.7. The normalized spacial score (nSPS) is 24.3. The molecule has 16 heavy (non-hydrogen) atoms. The molecule has 7 nitrogen and oxygen atoms in total. The second-order valence-corrected chi connectivity index (χ2v) is 3.76. The van der Waals surface area contributed by atoms with Crippen LogP contribution in [0.1, 0.15) is 20.3 Å². The molecular formula is C9H12N4O3. The summed E-state index contributed by atoms with van der Waals surface area (Å²) < 4.78 is 5.34. The van der Waals surface area contributed by atoms with Crippen molar-refractivity contribution in [2.75, 3.05) is 0 Å². The molecule has 0 saturated heterocycles. The van der Waals surface area contributed by atoms with E-state index in [1.807, 2.05) is 13.8 Å². The van der Waals surface area contributed by atoms with E-state index in [1.165, 1.54) is 6.21 Å². The van der Waals surface area contributed by atoms with Gasteiger partial charge in [-0.2, -0.15) is 15.2 Å². The Morgan fingerprint density at radius 2 is 2.31 bits per heavy atom. The maximum Gasteiger partial charge on any atom is 0.283 e. The van der Waals surface area contributed by atoms with Crippen molar-refractivity contribution in [3.63, 3.8) is 0 Å². The van der Waals surface area contributed by atoms with E-state index in [0.717, 1.165) is 5.01 Å². The van der Waals surface area contributed by atoms with Crippen molar-refractivity contribution in [1.82, 2.24) is 10.4 Å². The summed E-state index contributed by atoms with van der Waals surface area (Å²) in [5.74, 6) is -0.253. The van der Waals surface area contributed by atoms with Crippen LogP contribution >= 0.6 is 0 Å². The second kappa shape index (κ2) is 4.01. The summed E-state index contributed by atoms with van der Waals surface area (Å²) in [5.41, 5.74) is 2.26. The third-order valence-corrected chi connectivity index (χ3v) is 2.06. The van der Waals surface area contributed by atoms with E-state index in [-0.39, 0.29) is 24.3 Å². The standard InChI is InChI=1S/C9H12N4O3/c1-5(2)16-6-4-10-13(9(6)15)7-3-8(14)12-11-7/h4-6H,3H2,1-2H3,(H,12,14). The molecule has 2 rings (SSSR count). The molecule has 1 unspecified atom stereocenters. The van der Waals surface area contributed by atoms with Crippen molar-refractivity contribution in [2.45, 2.75) is 32.5 Å². The lowest BCUT2D eigenvalue weighted by atomic mass is 10.3. The number of rotatable bonds is 2. The predicted octanol–water partition coefficient (Wildman–Crippen LogP) is -0.559. The zero-order valence-corrected chi connectivity index (χ0v) is 9.01. The van der Waals surface area contributed by atoms with Gasteiger partial charge in [0.1, 0.15) is 0 Å². The Labute approximate surface area is 92.1 Å². The molecule has 86 valence electrons. The van der Waals surface area contributed by atoms with Gasteiger partial charge in [0.2, 0.25) is 5.91 Å². The van der Waals surface area contributed by atoms with Crippen molar-refractivity contribution in [1.29, 1.82) is 0 Å². The summed E-state index contributed by atoms with van der Waals surface area (Å²) in [7, 11) is 0. The van der Waals surface area contributed by atoms with Crippen molar-refractivity contribution in [3.8, 4) is 0 Å². The van der Waals surface area contributed by atoms with Crippen LogP contribution in [-0.2, 0) is 14.3 Å². The van der Waals surface area contributed by atoms with Gasteiger partial charge in [0.25, 0.3) is 5.91 Å². The summed E-state index contributed by atoms with van der Waals surface area (Å²) in [5, 5.41) is 8.70. The summed E-state index contributed by atoms with van der Waals surface area (Å²) >= 11 is 0. The number of hydrogen-bond donors (Lipinski definition) is 1. The molecule has 0 aromatic rings. The van der Waals surface area contributed by atoms with Gasteiger partial charge in [-0.25, -0.2) is 5.43 Å². The van der Waals surface area contributed by atoms with Crippen molar-refractivity contribution < 1.29 is 14.3 Å². The van der Waals surface area contributed by atoms with Crippen LogP contribution in [-0.4, -0.2) is 41.1 Å². The van der Waals surface area contributed by atoms with E-state index < -0.39 is 6.10 Å². The van der Waals surface area contributed by atoms with Crippen LogP contribution in [0.15, 0.2) is 10.2 Å². The highest BCUT2D eigenvalue weighted by molar-refractivity contribution is 6.15. The number of amides is 2. The van der Waals surface area contributed by atoms with Crippen molar-refractivity contribution in [2.24, 2.45) is 10.2 Å². The van der Waals surface area contributed by atoms with E-state index >= 15 is 0 Å². The first-order valence-electron chi connectivity index (χ1n) is 4.97. The molecule has 2 heterocycles. The third kappa shape index (κ3) is 1.94. The van der Waals surface area contributed by atoms with Crippen LogP contribution in [0.25, 0.3) is 0 Å². The Morgan fingerprint density at radius 1 is 1.56 bits per heavy atom. The minimum atomic E-state index is -0.682. The molecular weight excluding hydrogens is 212 g/mol. The van der Waals surface area contributed by atoms with E-state index in [0.29, 0.717) is 5.84 Å². The molecule has 2 aliphatic rings. The Morgan fingerprint density at radius 3 is 2.88 bits per heavy atom. The van der Waals surface area contributed by atoms with Crippen LogP contribution in [0, 0.1) is 0 Å². The maximum absolute atomic E-state index is 11.8. The van der Waals surface area contributed by atoms with Gasteiger partial charge >= 0.3 is 0 Å². The Hall–Kier alpha value is -1.76. The Bertz CT molecular complexity index is 388. The van der Waals surface area contributed by atoms with Crippen molar-refractivity contribution >= 4 is 23.9 Å². The van der Waals surface area contributed by atoms with E-state index in [4.69, 9.17) is 4.74 Å². The second-order valence-electron chi connectivity index (χ2n) is 3.76. The number of nitrogens with zero attached hydrogens (tertiary/aromatic N) is 3. The first-order valence-corrected chi connectivity index (χ1v) is 4.97. The molecule has 1 N–H and O–H groups in total. The molecule has 0 bridgehead atoms. The lowest BCUT2D eigenvalue weighted by Crippen LogP contribution is -2.36. The number of hydrazone groups is 2. The molecule has 7 heteroatoms. The molecule has 0 radical (unpaired) electrons. The first-order chi connectivity index (χ1) is 7.58. The average molecular weight is 224 g/mol. The van der Waals surface area contributed by atoms with Crippen molar-refractivity contribution in [3.05, 3.63) is 0 Å². The molecule has 0 aromatic heterocycles. The summed E-state index contributed by atoms with van der Waals surface area (Å²) in [6.45, 7) is 3.67. The SMILES string of the molecule is CC(C)OC1C=NN(C2=NNC(=O)C2)C1=O. The molecule has 0 aromatic carbocycles. The molecule has 0 fully saturated rings. The molecule has 1 atom stereocenters. The molecule has 2 amide bonds. The summed E-state index contributed by atoms with van der Waals surface area (Å²) in [6.07, 6.45) is 0.731. The number of carbonyl (C=O) groups excluding carboxylic acids is 2. The third-order valence-electron chi connectivity index (χ3n) is 2.06. The fourth-order valence-electron chi connectivity index (χ4n) is 1.42. The van der Waals surface area contributed by atoms with Crippen LogP contribution in [0.4, 0.5) is 0 Å². The highest BCUT2D eigenvalue weighted by Gasteiger charge is 2.35. The van der Waals surface area contributed by atoms with Crippen LogP contribution in [0.2, 0.25) is 0 Å². The van der Waals surface area contributed by atoms with E-state index in [9.17, 15) is 9.59 Å². The van der Waals surface area contributed by atoms with Gasteiger partial charge in [0.15, 0.2) is 11.9 Å². The maximum atomic E-state index is 11.8. The largest absolute Gasteiger partial charge is 0.360 e. The fraction of sp³-hybridized carbons (Fsp3) is 0.556. The lowest BCUT2D eigenvalue weighted by Gasteiger charge is -2.14. The van der Waals surface area contributed by atoms with Crippen LogP contribution in [0.3, 0.4) is 0 Å². The Balaban J connectivity index is 2.03. The number of amidine groups is 1. The highest BCUT2D eigenvalue weighted by atomic mass is 16.5. The number of hydrogen-bond acceptors (Lipinski definition) is 5. The zero-order valence-electron chi connectivity index (χ0n) is 9.01. The quantitative estimate of drug-likeness (QED) is 0.682. The summed E-state index contributed by atoms with van der Waals surface area (Å²) in [6, 6.07) is 0. The van der Waals surface area contributed by atoms with Gasteiger partial charge in [-0.05, 0) is 13.8 Å². The number of nitrogens with one attached hydrogen (secondary N) is 1. The molecule has 0 aliphatic carbocycles. The van der Waals surface area contributed by atoms with Gasteiger partial charge < -0.3 is 4.74 Å². The van der Waals surface area contributed by atoms with E-state index in [1.54, 1.807) is 0 Å². The molecule has 2 aliphatic heterocycles. The highest BCUT2D eigenvalue weighted by Crippen LogP contribution is 2.13. The lowest BCUT2D eigenvalue weighted by molar-refractivity contribution is -0.135. The van der Waals surface area contributed by atoms with Gasteiger partial charge in [-0.15, -0.1) is 0 Å². The van der Waals surface area contributed by atoms with Gasteiger partial charge in [0, 0.05) is 0 Å². The van der Waals surface area contributed by atoms with E-state index in [2.05, 4.69) is 15.6 Å². The van der Waals surface area contributed by atoms with Crippen LogP contribution < -0.4 is 5.43 Å². The van der Waals surface area contributed by atoms with Gasteiger partial charge in [-0.3, -0.25) is 9.59 Å². The fourth-order valence-corrected chi connectivity index (χ4v) is 1.42. The van der Waals surface area contributed by atoms with Gasteiger partial charge in [-0.1, -0.05) is 0 Å². The molecule has 0 saturated carbocycles. The summed E-state index contributed by atoms with van der Waals surface area (Å²) in [4.78, 5) is 22.7. The number of ether oxygens (including phenoxy) is 1. The van der Waals surface area contributed by atoms with Crippen LogP contribution in [0.5, 0.6) is 0 Å². The average Bonchev–Trinajstić information content (AvgIpc) is 2.74. The minimum Gasteiger partial charge on any atom is -0.360 e. The number of carbonyl (C=O) groups is 2. The minimum absolute atomic E-state index is 0.0642. The smallest absolute Gasteiger partial charge is 0.283 e. The zero-order chi connectivity index (χ0) is 11.7.